The molecule has 1 aliphatic heterocycles. The smallest absolute Gasteiger partial charge is 0.339 e. The minimum absolute atomic E-state index is 0.0623. The van der Waals surface area contributed by atoms with Crippen molar-refractivity contribution in [2.24, 2.45) is 0 Å². The fraction of sp³-hybridized carbons (Fsp3) is 0.300. The molecule has 0 fully saturated rings. The van der Waals surface area contributed by atoms with Gasteiger partial charge in [0, 0.05) is 25.6 Å². The van der Waals surface area contributed by atoms with Gasteiger partial charge < -0.3 is 13.9 Å². The Labute approximate surface area is 158 Å². The molecule has 0 spiro atoms. The molecule has 142 valence electrons. The lowest BCUT2D eigenvalue weighted by molar-refractivity contribution is -0.117. The average molecular weight is 387 g/mol. The highest BCUT2D eigenvalue weighted by Gasteiger charge is 2.25. The van der Waals surface area contributed by atoms with Gasteiger partial charge in [0.05, 0.1) is 0 Å². The van der Waals surface area contributed by atoms with E-state index in [-0.39, 0.29) is 22.3 Å². The Morgan fingerprint density at radius 3 is 2.41 bits per heavy atom. The normalized spacial score (nSPS) is 13.3. The van der Waals surface area contributed by atoms with E-state index in [4.69, 9.17) is 4.18 Å². The van der Waals surface area contributed by atoms with Crippen molar-refractivity contribution >= 4 is 27.5 Å². The number of aryl methyl sites for hydroxylation is 1. The average Bonchev–Trinajstić information content (AvgIpc) is 3.04. The number of carbonyl (C=O) groups is 2. The van der Waals surface area contributed by atoms with Crippen molar-refractivity contribution in [2.45, 2.75) is 38.0 Å². The number of Topliss-reactive ketones (excluding diaryl/α,β-unsaturated/α-hetero) is 1. The maximum Gasteiger partial charge on any atom is 0.339 e. The summed E-state index contributed by atoms with van der Waals surface area (Å²) in [6, 6.07) is 11.3. The molecule has 6 nitrogen and oxygen atoms in total. The van der Waals surface area contributed by atoms with Crippen LogP contribution in [0, 0.1) is 0 Å². The lowest BCUT2D eigenvalue weighted by Crippen LogP contribution is -2.25. The molecule has 0 saturated heterocycles. The number of amides is 1. The third-order valence-corrected chi connectivity index (χ3v) is 5.75. The Balaban J connectivity index is 1.75. The fourth-order valence-corrected chi connectivity index (χ4v) is 4.05. The Hall–Kier alpha value is -2.67. The lowest BCUT2D eigenvalue weighted by Gasteiger charge is -2.15. The highest BCUT2D eigenvalue weighted by atomic mass is 32.2. The zero-order valence-corrected chi connectivity index (χ0v) is 16.1. The molecule has 0 aliphatic carbocycles. The number of carbonyl (C=O) groups excluding carboxylic acids is 2. The lowest BCUT2D eigenvalue weighted by atomic mass is 10.1. The van der Waals surface area contributed by atoms with Gasteiger partial charge in [0.1, 0.15) is 16.4 Å². The van der Waals surface area contributed by atoms with E-state index in [0.717, 1.165) is 16.8 Å². The van der Waals surface area contributed by atoms with Crippen molar-refractivity contribution in [1.82, 2.24) is 0 Å². The minimum Gasteiger partial charge on any atom is -0.379 e. The van der Waals surface area contributed by atoms with Crippen LogP contribution in [0.25, 0.3) is 0 Å². The Morgan fingerprint density at radius 1 is 1.07 bits per heavy atom. The summed E-state index contributed by atoms with van der Waals surface area (Å²) in [4.78, 5) is 24.3. The van der Waals surface area contributed by atoms with Gasteiger partial charge in [0.2, 0.25) is 5.91 Å². The molecule has 1 aliphatic rings. The Kier molecular flexibility index (Phi) is 5.32. The Bertz CT molecular complexity index is 980. The van der Waals surface area contributed by atoms with Gasteiger partial charge >= 0.3 is 10.1 Å². The summed E-state index contributed by atoms with van der Waals surface area (Å²) in [5, 5.41) is 0. The van der Waals surface area contributed by atoms with E-state index in [1.165, 1.54) is 19.9 Å². The summed E-state index contributed by atoms with van der Waals surface area (Å²) >= 11 is 0. The largest absolute Gasteiger partial charge is 0.379 e. The molecule has 3 rings (SSSR count). The van der Waals surface area contributed by atoms with Crippen LogP contribution in [0.2, 0.25) is 0 Å². The van der Waals surface area contributed by atoms with Crippen LogP contribution in [0.1, 0.15) is 31.4 Å². The van der Waals surface area contributed by atoms with Crippen molar-refractivity contribution in [3.8, 4) is 5.75 Å². The van der Waals surface area contributed by atoms with Crippen molar-refractivity contribution in [3.05, 3.63) is 53.6 Å². The second-order valence-corrected chi connectivity index (χ2v) is 8.14. The third-order valence-electron chi connectivity index (χ3n) is 4.51. The molecular formula is C20H21NO5S. The quantitative estimate of drug-likeness (QED) is 0.712. The summed E-state index contributed by atoms with van der Waals surface area (Å²) < 4.78 is 30.4. The molecular weight excluding hydrogens is 366 g/mol. The number of benzene rings is 2. The van der Waals surface area contributed by atoms with Crippen molar-refractivity contribution in [2.75, 3.05) is 11.4 Å². The van der Waals surface area contributed by atoms with Crippen LogP contribution >= 0.6 is 0 Å². The van der Waals surface area contributed by atoms with Crippen LogP contribution in [-0.2, 0) is 32.5 Å². The van der Waals surface area contributed by atoms with Crippen molar-refractivity contribution in [3.63, 3.8) is 0 Å². The molecule has 27 heavy (non-hydrogen) atoms. The van der Waals surface area contributed by atoms with E-state index in [1.807, 2.05) is 0 Å². The van der Waals surface area contributed by atoms with Crippen LogP contribution in [0.5, 0.6) is 5.75 Å². The summed E-state index contributed by atoms with van der Waals surface area (Å²) in [6.07, 6.45) is 1.67. The van der Waals surface area contributed by atoms with Crippen LogP contribution in [0.15, 0.2) is 47.4 Å². The number of hydrogen-bond acceptors (Lipinski definition) is 5. The van der Waals surface area contributed by atoms with Crippen molar-refractivity contribution in [1.29, 1.82) is 0 Å². The first-order valence-corrected chi connectivity index (χ1v) is 10.1. The molecule has 7 heteroatoms. The number of rotatable bonds is 6. The van der Waals surface area contributed by atoms with Gasteiger partial charge in [-0.3, -0.25) is 4.79 Å². The maximum absolute atomic E-state index is 12.6. The van der Waals surface area contributed by atoms with Gasteiger partial charge in [-0.15, -0.1) is 0 Å². The zero-order chi connectivity index (χ0) is 19.6. The number of anilines is 1. The fourth-order valence-electron chi connectivity index (χ4n) is 3.07. The minimum atomic E-state index is -3.97. The highest BCUT2D eigenvalue weighted by Crippen LogP contribution is 2.31. The van der Waals surface area contributed by atoms with Gasteiger partial charge in [0.15, 0.2) is 0 Å². The van der Waals surface area contributed by atoms with Gasteiger partial charge in [-0.2, -0.15) is 8.42 Å². The second kappa shape index (κ2) is 7.52. The molecule has 0 bridgehead atoms. The van der Waals surface area contributed by atoms with Crippen molar-refractivity contribution < 1.29 is 22.2 Å². The molecule has 0 unspecified atom stereocenters. The van der Waals surface area contributed by atoms with Gasteiger partial charge in [-0.05, 0) is 61.2 Å². The number of fused-ring (bicyclic) bond motifs is 1. The molecule has 2 aromatic carbocycles. The first kappa shape index (κ1) is 19.1. The molecule has 0 atom stereocenters. The SMILES string of the molecule is CC(=O)CCc1ccc(OS(=O)(=O)c2ccc3c(c2)CCN3C(C)=O)cc1. The number of ketones is 1. The molecule has 0 aromatic heterocycles. The van der Waals surface area contributed by atoms with Crippen LogP contribution < -0.4 is 9.08 Å². The van der Waals surface area contributed by atoms with Gasteiger partial charge in [0.25, 0.3) is 0 Å². The predicted octanol–water partition coefficient (Wildman–Crippen LogP) is 2.88. The first-order valence-electron chi connectivity index (χ1n) is 8.70. The highest BCUT2D eigenvalue weighted by molar-refractivity contribution is 7.87. The van der Waals surface area contributed by atoms with Gasteiger partial charge in [-0.25, -0.2) is 0 Å². The predicted molar refractivity (Wildman–Crippen MR) is 101 cm³/mol. The van der Waals surface area contributed by atoms with E-state index in [2.05, 4.69) is 0 Å². The number of nitrogens with zero attached hydrogens (tertiary/aromatic N) is 1. The number of hydrogen-bond donors (Lipinski definition) is 0. The van der Waals surface area contributed by atoms with E-state index in [9.17, 15) is 18.0 Å². The van der Waals surface area contributed by atoms with E-state index in [1.54, 1.807) is 41.3 Å². The second-order valence-electron chi connectivity index (χ2n) is 6.59. The van der Waals surface area contributed by atoms with Crippen LogP contribution in [0.3, 0.4) is 0 Å². The molecule has 0 N–H and O–H groups in total. The topological polar surface area (TPSA) is 80.8 Å². The maximum atomic E-state index is 12.6. The molecule has 0 radical (unpaired) electrons. The third kappa shape index (κ3) is 4.36. The van der Waals surface area contributed by atoms with Gasteiger partial charge in [-0.1, -0.05) is 12.1 Å². The zero-order valence-electron chi connectivity index (χ0n) is 15.3. The summed E-state index contributed by atoms with van der Waals surface area (Å²) in [6.45, 7) is 3.58. The molecule has 1 amide bonds. The van der Waals surface area contributed by atoms with E-state index < -0.39 is 10.1 Å². The van der Waals surface area contributed by atoms with E-state index in [0.29, 0.717) is 25.8 Å². The molecule has 1 heterocycles. The monoisotopic (exact) mass is 387 g/mol. The summed E-state index contributed by atoms with van der Waals surface area (Å²) in [5.74, 6) is 0.260. The van der Waals surface area contributed by atoms with Crippen LogP contribution in [0.4, 0.5) is 5.69 Å². The Morgan fingerprint density at radius 2 is 1.78 bits per heavy atom. The standard InChI is InChI=1S/C20H21NO5S/c1-14(22)3-4-16-5-7-18(8-6-16)26-27(24,25)19-9-10-20-17(13-19)11-12-21(20)15(2)23/h5-10,13H,3-4,11-12H2,1-2H3. The molecule has 2 aromatic rings. The first-order chi connectivity index (χ1) is 12.8. The molecule has 0 saturated carbocycles. The summed E-state index contributed by atoms with van der Waals surface area (Å²) in [7, 11) is -3.97. The summed E-state index contributed by atoms with van der Waals surface area (Å²) in [5.41, 5.74) is 2.50. The van der Waals surface area contributed by atoms with E-state index >= 15 is 0 Å². The van der Waals surface area contributed by atoms with Crippen LogP contribution in [-0.4, -0.2) is 26.7 Å².